The first-order valence-electron chi connectivity index (χ1n) is 7.75. The van der Waals surface area contributed by atoms with Crippen LogP contribution in [0.2, 0.25) is 5.02 Å². The number of hydrogen-bond acceptors (Lipinski definition) is 4. The summed E-state index contributed by atoms with van der Waals surface area (Å²) in [4.78, 5) is 12.2. The van der Waals surface area contributed by atoms with Crippen molar-refractivity contribution in [3.63, 3.8) is 0 Å². The van der Waals surface area contributed by atoms with Crippen molar-refractivity contribution in [3.8, 4) is 5.69 Å². The smallest absolute Gasteiger partial charge is 0.273 e. The van der Waals surface area contributed by atoms with Crippen LogP contribution in [0.5, 0.6) is 0 Å². The molecule has 2 N–H and O–H groups in total. The number of para-hydroxylation sites is 1. The molecular weight excluding hydrogens is 316 g/mol. The topological polar surface area (TPSA) is 80.0 Å². The molecule has 0 aliphatic heterocycles. The molecule has 0 saturated heterocycles. The molecule has 7 heteroatoms. The minimum atomic E-state index is -0.799. The van der Waals surface area contributed by atoms with Crippen molar-refractivity contribution in [1.29, 1.82) is 0 Å². The van der Waals surface area contributed by atoms with E-state index < -0.39 is 5.60 Å². The second kappa shape index (κ2) is 6.68. The molecule has 1 aliphatic carbocycles. The van der Waals surface area contributed by atoms with E-state index in [0.29, 0.717) is 10.7 Å². The molecule has 2 aromatic rings. The number of carbonyl (C=O) groups is 1. The Labute approximate surface area is 139 Å². The zero-order chi connectivity index (χ0) is 16.3. The number of carbonyl (C=O) groups excluding carboxylic acids is 1. The largest absolute Gasteiger partial charge is 0.388 e. The highest BCUT2D eigenvalue weighted by atomic mass is 35.5. The van der Waals surface area contributed by atoms with E-state index in [1.165, 1.54) is 10.9 Å². The van der Waals surface area contributed by atoms with Gasteiger partial charge in [0.1, 0.15) is 0 Å². The van der Waals surface area contributed by atoms with Crippen molar-refractivity contribution < 1.29 is 9.90 Å². The summed E-state index contributed by atoms with van der Waals surface area (Å²) in [5, 5.41) is 21.5. The lowest BCUT2D eigenvalue weighted by atomic mass is 9.85. The van der Waals surface area contributed by atoms with E-state index in [1.807, 2.05) is 12.1 Å². The van der Waals surface area contributed by atoms with E-state index in [4.69, 9.17) is 11.6 Å². The number of aromatic nitrogens is 3. The molecular formula is C16H19ClN4O2. The number of rotatable bonds is 4. The Morgan fingerprint density at radius 1 is 1.30 bits per heavy atom. The van der Waals surface area contributed by atoms with E-state index >= 15 is 0 Å². The summed E-state index contributed by atoms with van der Waals surface area (Å²) in [5.41, 5.74) is 0.0584. The van der Waals surface area contributed by atoms with Crippen molar-refractivity contribution in [2.45, 2.75) is 37.7 Å². The number of benzene rings is 1. The fourth-order valence-electron chi connectivity index (χ4n) is 2.85. The molecule has 1 amide bonds. The molecule has 0 spiro atoms. The van der Waals surface area contributed by atoms with Crippen molar-refractivity contribution in [3.05, 3.63) is 41.2 Å². The van der Waals surface area contributed by atoms with Gasteiger partial charge in [0.15, 0.2) is 5.69 Å². The van der Waals surface area contributed by atoms with Gasteiger partial charge in [0.25, 0.3) is 5.91 Å². The molecule has 3 rings (SSSR count). The van der Waals surface area contributed by atoms with Gasteiger partial charge in [0.05, 0.1) is 22.5 Å². The molecule has 23 heavy (non-hydrogen) atoms. The van der Waals surface area contributed by atoms with Crippen LogP contribution in [0.1, 0.15) is 42.6 Å². The molecule has 122 valence electrons. The van der Waals surface area contributed by atoms with Gasteiger partial charge in [0.2, 0.25) is 0 Å². The zero-order valence-corrected chi connectivity index (χ0v) is 13.5. The van der Waals surface area contributed by atoms with Gasteiger partial charge in [-0.1, -0.05) is 48.2 Å². The Morgan fingerprint density at radius 3 is 2.78 bits per heavy atom. The van der Waals surface area contributed by atoms with E-state index in [-0.39, 0.29) is 18.1 Å². The normalized spacial score (nSPS) is 17.0. The van der Waals surface area contributed by atoms with Gasteiger partial charge >= 0.3 is 0 Å². The molecule has 0 atom stereocenters. The second-order valence-corrected chi connectivity index (χ2v) is 6.37. The number of amides is 1. The van der Waals surface area contributed by atoms with E-state index in [0.717, 1.165) is 32.1 Å². The second-order valence-electron chi connectivity index (χ2n) is 5.97. The molecule has 1 aromatic heterocycles. The fraction of sp³-hybridized carbons (Fsp3) is 0.438. The van der Waals surface area contributed by atoms with E-state index in [2.05, 4.69) is 15.6 Å². The average molecular weight is 335 g/mol. The highest BCUT2D eigenvalue weighted by molar-refractivity contribution is 6.32. The highest BCUT2D eigenvalue weighted by Crippen LogP contribution is 2.27. The highest BCUT2D eigenvalue weighted by Gasteiger charge is 2.29. The van der Waals surface area contributed by atoms with E-state index in [1.54, 1.807) is 12.1 Å². The van der Waals surface area contributed by atoms with Gasteiger partial charge in [-0.25, -0.2) is 4.68 Å². The quantitative estimate of drug-likeness (QED) is 0.899. The van der Waals surface area contributed by atoms with E-state index in [9.17, 15) is 9.90 Å². The summed E-state index contributed by atoms with van der Waals surface area (Å²) in [6.07, 6.45) is 6.10. The Balaban J connectivity index is 1.66. The molecule has 1 saturated carbocycles. The van der Waals surface area contributed by atoms with Gasteiger partial charge in [-0.3, -0.25) is 4.79 Å². The minimum Gasteiger partial charge on any atom is -0.388 e. The third-order valence-electron chi connectivity index (χ3n) is 4.19. The van der Waals surface area contributed by atoms with Crippen LogP contribution in [0.3, 0.4) is 0 Å². The minimum absolute atomic E-state index is 0.198. The number of halogens is 1. The van der Waals surface area contributed by atoms with Crippen LogP contribution in [0.25, 0.3) is 5.69 Å². The predicted molar refractivity (Wildman–Crippen MR) is 86.7 cm³/mol. The van der Waals surface area contributed by atoms with Gasteiger partial charge in [-0.2, -0.15) is 0 Å². The van der Waals surface area contributed by atoms with Crippen molar-refractivity contribution >= 4 is 17.5 Å². The van der Waals surface area contributed by atoms with Gasteiger partial charge < -0.3 is 10.4 Å². The van der Waals surface area contributed by atoms with Crippen LogP contribution >= 0.6 is 11.6 Å². The summed E-state index contributed by atoms with van der Waals surface area (Å²) >= 11 is 6.11. The summed E-state index contributed by atoms with van der Waals surface area (Å²) in [6, 6.07) is 7.20. The zero-order valence-electron chi connectivity index (χ0n) is 12.7. The molecule has 1 aromatic carbocycles. The maximum atomic E-state index is 12.2. The van der Waals surface area contributed by atoms with Crippen LogP contribution < -0.4 is 5.32 Å². The number of hydrogen-bond donors (Lipinski definition) is 2. The van der Waals surface area contributed by atoms with Crippen LogP contribution in [0, 0.1) is 0 Å². The number of nitrogens with one attached hydrogen (secondary N) is 1. The molecule has 6 nitrogen and oxygen atoms in total. The monoisotopic (exact) mass is 334 g/mol. The first-order valence-corrected chi connectivity index (χ1v) is 8.13. The molecule has 1 heterocycles. The van der Waals surface area contributed by atoms with Gasteiger partial charge in [-0.15, -0.1) is 5.10 Å². The lowest BCUT2D eigenvalue weighted by Crippen LogP contribution is -2.44. The maximum Gasteiger partial charge on any atom is 0.273 e. The summed E-state index contributed by atoms with van der Waals surface area (Å²) in [7, 11) is 0. The Bertz CT molecular complexity index is 695. The molecule has 0 radical (unpaired) electrons. The molecule has 0 unspecified atom stereocenters. The van der Waals surface area contributed by atoms with Crippen LogP contribution in [0.15, 0.2) is 30.5 Å². The number of nitrogens with zero attached hydrogens (tertiary/aromatic N) is 3. The first kappa shape index (κ1) is 16.0. The van der Waals surface area contributed by atoms with Crippen molar-refractivity contribution in [2.24, 2.45) is 0 Å². The fourth-order valence-corrected chi connectivity index (χ4v) is 3.07. The summed E-state index contributed by atoms with van der Waals surface area (Å²) < 4.78 is 1.46. The van der Waals surface area contributed by atoms with Crippen LogP contribution in [0.4, 0.5) is 0 Å². The van der Waals surface area contributed by atoms with Gasteiger partial charge in [-0.05, 0) is 25.0 Å². The predicted octanol–water partition coefficient (Wildman–Crippen LogP) is 2.35. The Hall–Kier alpha value is -1.92. The Morgan fingerprint density at radius 2 is 2.04 bits per heavy atom. The lowest BCUT2D eigenvalue weighted by Gasteiger charge is -2.31. The van der Waals surface area contributed by atoms with Crippen LogP contribution in [-0.4, -0.2) is 38.2 Å². The molecule has 0 bridgehead atoms. The molecule has 1 fully saturated rings. The SMILES string of the molecule is O=C(NCC1(O)CCCCC1)c1cn(-c2ccccc2Cl)nn1. The third kappa shape index (κ3) is 3.71. The standard InChI is InChI=1S/C16H19ClN4O2/c17-12-6-2-3-7-14(12)21-10-13(19-20-21)15(22)18-11-16(23)8-4-1-5-9-16/h2-3,6-7,10,23H,1,4-5,8-9,11H2,(H,18,22). The van der Waals surface area contributed by atoms with Crippen molar-refractivity contribution in [1.82, 2.24) is 20.3 Å². The maximum absolute atomic E-state index is 12.2. The molecule has 1 aliphatic rings. The van der Waals surface area contributed by atoms with Gasteiger partial charge in [0, 0.05) is 6.54 Å². The lowest BCUT2D eigenvalue weighted by molar-refractivity contribution is 0.00521. The first-order chi connectivity index (χ1) is 11.1. The third-order valence-corrected chi connectivity index (χ3v) is 4.51. The summed E-state index contributed by atoms with van der Waals surface area (Å²) in [5.74, 6) is -0.345. The van der Waals surface area contributed by atoms with Crippen LogP contribution in [-0.2, 0) is 0 Å². The number of aliphatic hydroxyl groups is 1. The summed E-state index contributed by atoms with van der Waals surface area (Å²) in [6.45, 7) is 0.241. The average Bonchev–Trinajstić information content (AvgIpc) is 3.04. The Kier molecular flexibility index (Phi) is 4.63. The van der Waals surface area contributed by atoms with Crippen molar-refractivity contribution in [2.75, 3.05) is 6.54 Å².